The van der Waals surface area contributed by atoms with Gasteiger partial charge in [-0.1, -0.05) is 26.0 Å². The zero-order chi connectivity index (χ0) is 14.0. The summed E-state index contributed by atoms with van der Waals surface area (Å²) in [5.74, 6) is -0.231. The molecular weight excluding hydrogens is 239 g/mol. The summed E-state index contributed by atoms with van der Waals surface area (Å²) in [6.45, 7) is 6.16. The predicted octanol–water partition coefficient (Wildman–Crippen LogP) is 3.51. The van der Waals surface area contributed by atoms with Gasteiger partial charge >= 0.3 is 0 Å². The summed E-state index contributed by atoms with van der Waals surface area (Å²) >= 11 is 0. The van der Waals surface area contributed by atoms with Crippen molar-refractivity contribution in [2.75, 3.05) is 0 Å². The molecule has 0 saturated heterocycles. The Balaban J connectivity index is 2.39. The van der Waals surface area contributed by atoms with E-state index >= 15 is 0 Å². The maximum absolute atomic E-state index is 13.0. The monoisotopic (exact) mass is 258 g/mol. The maximum atomic E-state index is 13.0. The molecule has 0 fully saturated rings. The van der Waals surface area contributed by atoms with Crippen molar-refractivity contribution in [2.24, 2.45) is 5.73 Å². The van der Waals surface area contributed by atoms with Gasteiger partial charge in [0, 0.05) is 23.9 Å². The first-order valence-corrected chi connectivity index (χ1v) is 6.35. The van der Waals surface area contributed by atoms with Crippen LogP contribution in [0.5, 0.6) is 0 Å². The van der Waals surface area contributed by atoms with E-state index in [9.17, 15) is 4.39 Å². The summed E-state index contributed by atoms with van der Waals surface area (Å²) in [5.41, 5.74) is 9.29. The fourth-order valence-electron chi connectivity index (χ4n) is 2.25. The lowest BCUT2D eigenvalue weighted by molar-refractivity contribution is 0.418. The quantitative estimate of drug-likeness (QED) is 0.915. The Morgan fingerprint density at radius 3 is 2.37 bits per heavy atom. The van der Waals surface area contributed by atoms with Gasteiger partial charge in [0.2, 0.25) is 0 Å². The van der Waals surface area contributed by atoms with E-state index < -0.39 is 0 Å². The summed E-state index contributed by atoms with van der Waals surface area (Å²) in [7, 11) is 0. The fourth-order valence-corrected chi connectivity index (χ4v) is 2.25. The van der Waals surface area contributed by atoms with Gasteiger partial charge in [0.1, 0.15) is 5.82 Å². The number of pyridine rings is 1. The van der Waals surface area contributed by atoms with Crippen molar-refractivity contribution >= 4 is 0 Å². The van der Waals surface area contributed by atoms with Crippen molar-refractivity contribution in [1.29, 1.82) is 0 Å². The molecule has 0 radical (unpaired) electrons. The van der Waals surface area contributed by atoms with E-state index in [1.54, 1.807) is 18.3 Å². The maximum Gasteiger partial charge on any atom is 0.123 e. The molecule has 1 heterocycles. The molecule has 2 rings (SSSR count). The van der Waals surface area contributed by atoms with E-state index in [-0.39, 0.29) is 17.3 Å². The molecule has 19 heavy (non-hydrogen) atoms. The van der Waals surface area contributed by atoms with E-state index in [1.165, 1.54) is 12.1 Å². The second kappa shape index (κ2) is 5.10. The van der Waals surface area contributed by atoms with Crippen LogP contribution in [0.2, 0.25) is 0 Å². The molecule has 0 bridgehead atoms. The molecule has 2 aromatic rings. The molecule has 3 heteroatoms. The van der Waals surface area contributed by atoms with Gasteiger partial charge in [0.25, 0.3) is 0 Å². The minimum Gasteiger partial charge on any atom is -0.323 e. The Morgan fingerprint density at radius 1 is 1.16 bits per heavy atom. The van der Waals surface area contributed by atoms with E-state index in [0.29, 0.717) is 0 Å². The molecule has 0 saturated carbocycles. The van der Waals surface area contributed by atoms with Gasteiger partial charge in [0.15, 0.2) is 0 Å². The molecule has 0 spiro atoms. The second-order valence-corrected chi connectivity index (χ2v) is 5.44. The minimum absolute atomic E-state index is 0.188. The third-order valence-electron chi connectivity index (χ3n) is 3.78. The van der Waals surface area contributed by atoms with Gasteiger partial charge in [-0.15, -0.1) is 0 Å². The highest BCUT2D eigenvalue weighted by molar-refractivity contribution is 5.34. The Kier molecular flexibility index (Phi) is 3.67. The molecule has 1 aromatic carbocycles. The van der Waals surface area contributed by atoms with Crippen LogP contribution >= 0.6 is 0 Å². The van der Waals surface area contributed by atoms with Gasteiger partial charge in [-0.2, -0.15) is 0 Å². The summed E-state index contributed by atoms with van der Waals surface area (Å²) in [5, 5.41) is 0. The Bertz CT molecular complexity index is 561. The molecule has 1 aromatic heterocycles. The van der Waals surface area contributed by atoms with Crippen molar-refractivity contribution in [3.8, 4) is 0 Å². The van der Waals surface area contributed by atoms with Crippen molar-refractivity contribution in [2.45, 2.75) is 32.2 Å². The molecule has 100 valence electrons. The average Bonchev–Trinajstić information content (AvgIpc) is 2.39. The van der Waals surface area contributed by atoms with Gasteiger partial charge in [-0.3, -0.25) is 4.98 Å². The molecule has 1 atom stereocenters. The number of aryl methyl sites for hydroxylation is 1. The Morgan fingerprint density at radius 2 is 1.79 bits per heavy atom. The van der Waals surface area contributed by atoms with Crippen LogP contribution in [0.15, 0.2) is 42.7 Å². The lowest BCUT2D eigenvalue weighted by Crippen LogP contribution is -2.33. The number of rotatable bonds is 3. The number of benzene rings is 1. The Hall–Kier alpha value is -1.74. The molecule has 0 aliphatic heterocycles. The average molecular weight is 258 g/mol. The largest absolute Gasteiger partial charge is 0.323 e. The minimum atomic E-state index is -0.290. The third kappa shape index (κ3) is 2.66. The van der Waals surface area contributed by atoms with Crippen molar-refractivity contribution in [1.82, 2.24) is 4.98 Å². The summed E-state index contributed by atoms with van der Waals surface area (Å²) < 4.78 is 13.0. The molecule has 0 aliphatic rings. The lowest BCUT2D eigenvalue weighted by Gasteiger charge is -2.33. The number of halogens is 1. The standard InChI is InChI=1S/C16H19FN2/c1-11-8-9-19-10-14(11)15(18)16(2,3)12-4-6-13(17)7-5-12/h4-10,15H,18H2,1-3H3. The molecule has 2 nitrogen and oxygen atoms in total. The van der Waals surface area contributed by atoms with Crippen molar-refractivity contribution in [3.63, 3.8) is 0 Å². The normalized spacial score (nSPS) is 13.3. The summed E-state index contributed by atoms with van der Waals surface area (Å²) in [6.07, 6.45) is 3.57. The smallest absolute Gasteiger partial charge is 0.123 e. The number of nitrogens with two attached hydrogens (primary N) is 1. The number of hydrogen-bond donors (Lipinski definition) is 1. The SMILES string of the molecule is Cc1ccncc1C(N)C(C)(C)c1ccc(F)cc1. The van der Waals surface area contributed by atoms with Gasteiger partial charge < -0.3 is 5.73 Å². The first-order chi connectivity index (χ1) is 8.93. The summed E-state index contributed by atoms with van der Waals surface area (Å²) in [4.78, 5) is 4.15. The Labute approximate surface area is 113 Å². The van der Waals surface area contributed by atoms with Crippen LogP contribution in [-0.2, 0) is 5.41 Å². The third-order valence-corrected chi connectivity index (χ3v) is 3.78. The van der Waals surface area contributed by atoms with Crippen LogP contribution in [0.25, 0.3) is 0 Å². The number of aromatic nitrogens is 1. The first kappa shape index (κ1) is 13.7. The van der Waals surface area contributed by atoms with Crippen LogP contribution in [0.3, 0.4) is 0 Å². The van der Waals surface area contributed by atoms with E-state index in [1.807, 2.05) is 19.2 Å². The molecule has 0 aliphatic carbocycles. The zero-order valence-corrected chi connectivity index (χ0v) is 11.5. The number of nitrogens with zero attached hydrogens (tertiary/aromatic N) is 1. The van der Waals surface area contributed by atoms with Crippen LogP contribution < -0.4 is 5.73 Å². The van der Waals surface area contributed by atoms with Gasteiger partial charge in [-0.05, 0) is 41.8 Å². The molecule has 1 unspecified atom stereocenters. The van der Waals surface area contributed by atoms with Crippen LogP contribution in [-0.4, -0.2) is 4.98 Å². The molecular formula is C16H19FN2. The van der Waals surface area contributed by atoms with Gasteiger partial charge in [0.05, 0.1) is 0 Å². The highest BCUT2D eigenvalue weighted by Gasteiger charge is 2.30. The number of hydrogen-bond acceptors (Lipinski definition) is 2. The highest BCUT2D eigenvalue weighted by atomic mass is 19.1. The highest BCUT2D eigenvalue weighted by Crippen LogP contribution is 2.35. The van der Waals surface area contributed by atoms with Crippen LogP contribution in [0.1, 0.15) is 36.6 Å². The second-order valence-electron chi connectivity index (χ2n) is 5.44. The van der Waals surface area contributed by atoms with Crippen molar-refractivity contribution < 1.29 is 4.39 Å². The summed E-state index contributed by atoms with van der Waals surface area (Å²) in [6, 6.07) is 8.30. The van der Waals surface area contributed by atoms with Crippen LogP contribution in [0, 0.1) is 12.7 Å². The predicted molar refractivity (Wildman–Crippen MR) is 75.3 cm³/mol. The topological polar surface area (TPSA) is 38.9 Å². The zero-order valence-electron chi connectivity index (χ0n) is 11.5. The molecule has 2 N–H and O–H groups in total. The van der Waals surface area contributed by atoms with Crippen LogP contribution in [0.4, 0.5) is 4.39 Å². The van der Waals surface area contributed by atoms with E-state index in [0.717, 1.165) is 16.7 Å². The van der Waals surface area contributed by atoms with Gasteiger partial charge in [-0.25, -0.2) is 4.39 Å². The fraction of sp³-hybridized carbons (Fsp3) is 0.312. The lowest BCUT2D eigenvalue weighted by atomic mass is 9.75. The van der Waals surface area contributed by atoms with Crippen molar-refractivity contribution in [3.05, 3.63) is 65.2 Å². The van der Waals surface area contributed by atoms with E-state index in [2.05, 4.69) is 18.8 Å². The van der Waals surface area contributed by atoms with E-state index in [4.69, 9.17) is 5.73 Å². The first-order valence-electron chi connectivity index (χ1n) is 6.35. The molecule has 0 amide bonds.